The molecule has 0 aliphatic heterocycles. The lowest BCUT2D eigenvalue weighted by Crippen LogP contribution is -2.22. The van der Waals surface area contributed by atoms with Crippen molar-refractivity contribution in [2.24, 2.45) is 0 Å². The molecule has 0 spiro atoms. The zero-order valence-corrected chi connectivity index (χ0v) is 9.95. The van der Waals surface area contributed by atoms with Gasteiger partial charge >= 0.3 is 5.97 Å². The van der Waals surface area contributed by atoms with Crippen LogP contribution in [0.5, 0.6) is 0 Å². The van der Waals surface area contributed by atoms with Gasteiger partial charge in [-0.15, -0.1) is 0 Å². The Kier molecular flexibility index (Phi) is 9.52. The van der Waals surface area contributed by atoms with Gasteiger partial charge in [0.05, 0.1) is 0 Å². The lowest BCUT2D eigenvalue weighted by Gasteiger charge is -2.13. The molecule has 0 heterocycles. The number of unbranched alkanes of at least 4 members (excludes halogenated alkanes) is 3. The monoisotopic (exact) mass is 218 g/mol. The second-order valence-corrected chi connectivity index (χ2v) is 3.39. The maximum absolute atomic E-state index is 11.2. The summed E-state index contributed by atoms with van der Waals surface area (Å²) in [7, 11) is 3.03. The highest BCUT2D eigenvalue weighted by atomic mass is 16.7. The maximum Gasteiger partial charge on any atom is 0.305 e. The fraction of sp³-hybridized carbons (Fsp3) is 0.909. The van der Waals surface area contributed by atoms with Crippen LogP contribution in [-0.4, -0.2) is 33.1 Å². The molecule has 4 heteroatoms. The number of esters is 1. The van der Waals surface area contributed by atoms with Crippen LogP contribution in [0, 0.1) is 0 Å². The first-order valence-electron chi connectivity index (χ1n) is 5.45. The minimum absolute atomic E-state index is 0.166. The highest BCUT2D eigenvalue weighted by molar-refractivity contribution is 5.69. The third-order valence-corrected chi connectivity index (χ3v) is 2.14. The third kappa shape index (κ3) is 8.39. The molecule has 0 N–H and O–H groups in total. The topological polar surface area (TPSA) is 44.8 Å². The predicted molar refractivity (Wildman–Crippen MR) is 57.5 cm³/mol. The van der Waals surface area contributed by atoms with E-state index in [1.165, 1.54) is 27.1 Å². The quantitative estimate of drug-likeness (QED) is 0.338. The van der Waals surface area contributed by atoms with Crippen molar-refractivity contribution in [3.63, 3.8) is 0 Å². The van der Waals surface area contributed by atoms with Crippen molar-refractivity contribution in [2.75, 3.05) is 20.8 Å². The molecular weight excluding hydrogens is 196 g/mol. The second kappa shape index (κ2) is 9.93. The number of rotatable bonds is 9. The lowest BCUT2D eigenvalue weighted by molar-refractivity contribution is -0.166. The van der Waals surface area contributed by atoms with Gasteiger partial charge in [0.1, 0.15) is 6.61 Å². The van der Waals surface area contributed by atoms with Crippen LogP contribution in [0.15, 0.2) is 0 Å². The minimum atomic E-state index is -0.454. The zero-order valence-electron chi connectivity index (χ0n) is 9.95. The van der Waals surface area contributed by atoms with Gasteiger partial charge in [0.25, 0.3) is 0 Å². The van der Waals surface area contributed by atoms with Crippen LogP contribution in [0.4, 0.5) is 0 Å². The van der Waals surface area contributed by atoms with Gasteiger partial charge in [0, 0.05) is 20.6 Å². The van der Waals surface area contributed by atoms with Crippen molar-refractivity contribution in [1.82, 2.24) is 0 Å². The molecule has 0 unspecified atom stereocenters. The first-order chi connectivity index (χ1) is 7.24. The van der Waals surface area contributed by atoms with Crippen LogP contribution in [-0.2, 0) is 19.0 Å². The fourth-order valence-electron chi connectivity index (χ4n) is 1.16. The Morgan fingerprint density at radius 2 is 1.80 bits per heavy atom. The van der Waals surface area contributed by atoms with Crippen LogP contribution in [0.3, 0.4) is 0 Å². The maximum atomic E-state index is 11.2. The summed E-state index contributed by atoms with van der Waals surface area (Å²) < 4.78 is 14.8. The first-order valence-corrected chi connectivity index (χ1v) is 5.45. The van der Waals surface area contributed by atoms with Gasteiger partial charge in [-0.25, -0.2) is 0 Å². The van der Waals surface area contributed by atoms with Gasteiger partial charge < -0.3 is 14.2 Å². The summed E-state index contributed by atoms with van der Waals surface area (Å²) in [6.07, 6.45) is 4.36. The van der Waals surface area contributed by atoms with Crippen molar-refractivity contribution in [2.45, 2.75) is 45.3 Å². The van der Waals surface area contributed by atoms with Crippen LogP contribution in [0.25, 0.3) is 0 Å². The summed E-state index contributed by atoms with van der Waals surface area (Å²) in [5.74, 6) is -0.176. The molecule has 0 aromatic rings. The number of methoxy groups -OCH3 is 2. The van der Waals surface area contributed by atoms with Crippen molar-refractivity contribution in [3.05, 3.63) is 0 Å². The molecule has 0 aliphatic carbocycles. The molecule has 0 aromatic heterocycles. The van der Waals surface area contributed by atoms with Gasteiger partial charge in [-0.1, -0.05) is 26.2 Å². The molecule has 0 rings (SSSR count). The van der Waals surface area contributed by atoms with E-state index >= 15 is 0 Å². The highest BCUT2D eigenvalue weighted by Crippen LogP contribution is 2.04. The second-order valence-electron chi connectivity index (χ2n) is 3.39. The van der Waals surface area contributed by atoms with Crippen LogP contribution < -0.4 is 0 Å². The molecule has 15 heavy (non-hydrogen) atoms. The number of carbonyl (C=O) groups excluding carboxylic acids is 1. The van der Waals surface area contributed by atoms with E-state index in [-0.39, 0.29) is 12.6 Å². The van der Waals surface area contributed by atoms with Crippen molar-refractivity contribution >= 4 is 5.97 Å². The SMILES string of the molecule is CCCCCCC(=O)OCC(OC)OC. The summed E-state index contributed by atoms with van der Waals surface area (Å²) in [6.45, 7) is 2.31. The molecule has 0 fully saturated rings. The summed E-state index contributed by atoms with van der Waals surface area (Å²) >= 11 is 0. The summed E-state index contributed by atoms with van der Waals surface area (Å²) in [6, 6.07) is 0. The van der Waals surface area contributed by atoms with Crippen LogP contribution in [0.2, 0.25) is 0 Å². The first kappa shape index (κ1) is 14.4. The van der Waals surface area contributed by atoms with E-state index in [0.29, 0.717) is 6.42 Å². The summed E-state index contributed by atoms with van der Waals surface area (Å²) in [4.78, 5) is 11.2. The van der Waals surface area contributed by atoms with E-state index in [9.17, 15) is 4.79 Å². The van der Waals surface area contributed by atoms with Gasteiger partial charge in [-0.2, -0.15) is 0 Å². The van der Waals surface area contributed by atoms with Crippen LogP contribution >= 0.6 is 0 Å². The number of hydrogen-bond acceptors (Lipinski definition) is 4. The average Bonchev–Trinajstić information content (AvgIpc) is 2.26. The molecule has 0 aromatic carbocycles. The molecular formula is C11H22O4. The van der Waals surface area contributed by atoms with Crippen LogP contribution in [0.1, 0.15) is 39.0 Å². The standard InChI is InChI=1S/C11H22O4/c1-4-5-6-7-8-10(12)15-9-11(13-2)14-3/h11H,4-9H2,1-3H3. The summed E-state index contributed by atoms with van der Waals surface area (Å²) in [5, 5.41) is 0. The Bertz CT molecular complexity index is 155. The highest BCUT2D eigenvalue weighted by Gasteiger charge is 2.09. The van der Waals surface area contributed by atoms with Gasteiger partial charge in [0.15, 0.2) is 6.29 Å². The lowest BCUT2D eigenvalue weighted by atomic mass is 10.2. The van der Waals surface area contributed by atoms with E-state index in [1.54, 1.807) is 0 Å². The van der Waals surface area contributed by atoms with Crippen molar-refractivity contribution in [3.8, 4) is 0 Å². The molecule has 4 nitrogen and oxygen atoms in total. The van der Waals surface area contributed by atoms with Gasteiger partial charge in [0.2, 0.25) is 0 Å². The smallest absolute Gasteiger partial charge is 0.305 e. The Morgan fingerprint density at radius 1 is 1.13 bits per heavy atom. The third-order valence-electron chi connectivity index (χ3n) is 2.14. The summed E-state index contributed by atoms with van der Waals surface area (Å²) in [5.41, 5.74) is 0. The largest absolute Gasteiger partial charge is 0.460 e. The zero-order chi connectivity index (χ0) is 11.5. The van der Waals surface area contributed by atoms with Gasteiger partial charge in [-0.3, -0.25) is 4.79 Å². The number of carbonyl (C=O) groups is 1. The molecule has 0 atom stereocenters. The molecule has 0 bridgehead atoms. The van der Waals surface area contributed by atoms with Crippen molar-refractivity contribution in [1.29, 1.82) is 0 Å². The van der Waals surface area contributed by atoms with E-state index in [4.69, 9.17) is 14.2 Å². The number of hydrogen-bond donors (Lipinski definition) is 0. The van der Waals surface area contributed by atoms with E-state index < -0.39 is 6.29 Å². The molecule has 0 radical (unpaired) electrons. The molecule has 90 valence electrons. The molecule has 0 saturated carbocycles. The van der Waals surface area contributed by atoms with Gasteiger partial charge in [-0.05, 0) is 6.42 Å². The Labute approximate surface area is 91.9 Å². The Balaban J connectivity index is 3.40. The Morgan fingerprint density at radius 3 is 2.33 bits per heavy atom. The number of ether oxygens (including phenoxy) is 3. The normalized spacial score (nSPS) is 10.7. The Hall–Kier alpha value is -0.610. The predicted octanol–water partition coefficient (Wildman–Crippen LogP) is 2.12. The van der Waals surface area contributed by atoms with E-state index in [2.05, 4.69) is 6.92 Å². The fourth-order valence-corrected chi connectivity index (χ4v) is 1.16. The van der Waals surface area contributed by atoms with E-state index in [0.717, 1.165) is 12.8 Å². The molecule has 0 amide bonds. The average molecular weight is 218 g/mol. The minimum Gasteiger partial charge on any atom is -0.460 e. The molecule has 0 aliphatic rings. The van der Waals surface area contributed by atoms with E-state index in [1.807, 2.05) is 0 Å². The van der Waals surface area contributed by atoms with Crippen molar-refractivity contribution < 1.29 is 19.0 Å². The molecule has 0 saturated heterocycles.